The third-order valence-electron chi connectivity index (χ3n) is 2.36. The highest BCUT2D eigenvalue weighted by atomic mass is 35.5. The van der Waals surface area contributed by atoms with Crippen LogP contribution >= 0.6 is 11.6 Å². The van der Waals surface area contributed by atoms with Crippen molar-refractivity contribution in [1.29, 1.82) is 0 Å². The van der Waals surface area contributed by atoms with Crippen molar-refractivity contribution in [1.82, 2.24) is 10.6 Å². The number of phenolic OH excluding ortho intramolecular Hbond substituents is 1. The van der Waals surface area contributed by atoms with Crippen molar-refractivity contribution < 1.29 is 14.7 Å². The summed E-state index contributed by atoms with van der Waals surface area (Å²) in [6.07, 6.45) is 0.178. The van der Waals surface area contributed by atoms with Crippen molar-refractivity contribution in [3.8, 4) is 5.75 Å². The van der Waals surface area contributed by atoms with Crippen LogP contribution in [0.3, 0.4) is 0 Å². The summed E-state index contributed by atoms with van der Waals surface area (Å²) in [4.78, 5) is 23.4. The van der Waals surface area contributed by atoms with Gasteiger partial charge in [0.05, 0.1) is 5.56 Å². The van der Waals surface area contributed by atoms with E-state index < -0.39 is 5.91 Å². The Hall–Kier alpha value is -1.75. The summed E-state index contributed by atoms with van der Waals surface area (Å²) >= 11 is 5.68. The predicted octanol–water partition coefficient (Wildman–Crippen LogP) is 2.08. The molecule has 6 heteroatoms. The van der Waals surface area contributed by atoms with E-state index in [1.54, 1.807) is 0 Å². The van der Waals surface area contributed by atoms with Gasteiger partial charge in [-0.15, -0.1) is 0 Å². The summed E-state index contributed by atoms with van der Waals surface area (Å²) in [6, 6.07) is 4.24. The third-order valence-corrected chi connectivity index (χ3v) is 2.59. The Morgan fingerprint density at radius 3 is 2.50 bits per heavy atom. The molecule has 0 radical (unpaired) electrons. The molecular weight excluding hydrogens is 280 g/mol. The number of carbonyl (C=O) groups excluding carboxylic acids is 2. The van der Waals surface area contributed by atoms with E-state index in [1.165, 1.54) is 18.2 Å². The Balaban J connectivity index is 2.46. The van der Waals surface area contributed by atoms with Crippen molar-refractivity contribution in [3.05, 3.63) is 28.8 Å². The molecule has 0 saturated carbocycles. The molecule has 0 aromatic heterocycles. The van der Waals surface area contributed by atoms with Gasteiger partial charge in [-0.2, -0.15) is 0 Å². The zero-order valence-corrected chi connectivity index (χ0v) is 12.5. The highest BCUT2D eigenvalue weighted by Gasteiger charge is 2.15. The van der Waals surface area contributed by atoms with Crippen molar-refractivity contribution >= 4 is 23.4 Å². The standard InChI is InChI=1S/C14H19ClN2O3/c1-14(2,3)17-12(19)6-7-16-13(20)10-5-4-9(15)8-11(10)18/h4-5,8,18H,6-7H2,1-3H3,(H,16,20)(H,17,19). The number of nitrogens with one attached hydrogen (secondary N) is 2. The molecule has 0 aliphatic carbocycles. The minimum absolute atomic E-state index is 0.130. The molecule has 1 aromatic rings. The molecule has 0 bridgehead atoms. The molecule has 0 atom stereocenters. The fourth-order valence-corrected chi connectivity index (χ4v) is 1.73. The molecule has 1 rings (SSSR count). The van der Waals surface area contributed by atoms with Gasteiger partial charge in [-0.1, -0.05) is 11.6 Å². The summed E-state index contributed by atoms with van der Waals surface area (Å²) in [5.41, 5.74) is -0.166. The number of carbonyl (C=O) groups is 2. The van der Waals surface area contributed by atoms with Crippen LogP contribution in [0.5, 0.6) is 5.75 Å². The van der Waals surface area contributed by atoms with Crippen LogP contribution in [-0.2, 0) is 4.79 Å². The lowest BCUT2D eigenvalue weighted by atomic mass is 10.1. The van der Waals surface area contributed by atoms with E-state index in [2.05, 4.69) is 10.6 Å². The lowest BCUT2D eigenvalue weighted by Crippen LogP contribution is -2.41. The zero-order valence-electron chi connectivity index (χ0n) is 11.8. The number of hydrogen-bond donors (Lipinski definition) is 3. The summed E-state index contributed by atoms with van der Waals surface area (Å²) in [5.74, 6) is -0.769. The van der Waals surface area contributed by atoms with E-state index >= 15 is 0 Å². The van der Waals surface area contributed by atoms with Crippen LogP contribution in [-0.4, -0.2) is 29.0 Å². The van der Waals surface area contributed by atoms with E-state index in [0.29, 0.717) is 5.02 Å². The van der Waals surface area contributed by atoms with Crippen LogP contribution in [0.4, 0.5) is 0 Å². The molecule has 3 N–H and O–H groups in total. The van der Waals surface area contributed by atoms with Crippen molar-refractivity contribution in [3.63, 3.8) is 0 Å². The average molecular weight is 299 g/mol. The van der Waals surface area contributed by atoms with Crippen molar-refractivity contribution in [2.24, 2.45) is 0 Å². The Bertz CT molecular complexity index is 510. The number of aromatic hydroxyl groups is 1. The van der Waals surface area contributed by atoms with E-state index in [1.807, 2.05) is 20.8 Å². The quantitative estimate of drug-likeness (QED) is 0.796. The number of hydrogen-bond acceptors (Lipinski definition) is 3. The molecule has 0 aliphatic rings. The highest BCUT2D eigenvalue weighted by molar-refractivity contribution is 6.30. The van der Waals surface area contributed by atoms with Gasteiger partial charge in [-0.3, -0.25) is 9.59 Å². The summed E-state index contributed by atoms with van der Waals surface area (Å²) < 4.78 is 0. The summed E-state index contributed by atoms with van der Waals surface area (Å²) in [6.45, 7) is 5.85. The number of benzene rings is 1. The molecule has 0 aliphatic heterocycles. The molecule has 20 heavy (non-hydrogen) atoms. The first-order chi connectivity index (χ1) is 9.19. The lowest BCUT2D eigenvalue weighted by Gasteiger charge is -2.20. The van der Waals surface area contributed by atoms with Crippen LogP contribution < -0.4 is 10.6 Å². The Labute approximate surface area is 123 Å². The SMILES string of the molecule is CC(C)(C)NC(=O)CCNC(=O)c1ccc(Cl)cc1O. The first kappa shape index (κ1) is 16.3. The number of phenols is 1. The summed E-state index contributed by atoms with van der Waals surface area (Å²) in [7, 11) is 0. The number of amides is 2. The van der Waals surface area contributed by atoms with Gasteiger partial charge >= 0.3 is 0 Å². The van der Waals surface area contributed by atoms with Crippen LogP contribution in [0.2, 0.25) is 5.02 Å². The van der Waals surface area contributed by atoms with E-state index in [9.17, 15) is 14.7 Å². The first-order valence-electron chi connectivity index (χ1n) is 6.27. The monoisotopic (exact) mass is 298 g/mol. The maximum atomic E-state index is 11.8. The second-order valence-corrected chi connectivity index (χ2v) is 5.90. The molecule has 0 saturated heterocycles. The Morgan fingerprint density at radius 1 is 1.30 bits per heavy atom. The predicted molar refractivity (Wildman–Crippen MR) is 78.0 cm³/mol. The van der Waals surface area contributed by atoms with Gasteiger partial charge in [0.15, 0.2) is 0 Å². The van der Waals surface area contributed by atoms with E-state index in [-0.39, 0.29) is 35.7 Å². The number of halogens is 1. The second-order valence-electron chi connectivity index (χ2n) is 5.47. The molecule has 110 valence electrons. The number of rotatable bonds is 4. The second kappa shape index (κ2) is 6.61. The molecule has 1 aromatic carbocycles. The topological polar surface area (TPSA) is 78.4 Å². The normalized spacial score (nSPS) is 11.0. The molecule has 0 heterocycles. The van der Waals surface area contributed by atoms with Gasteiger partial charge in [-0.25, -0.2) is 0 Å². The lowest BCUT2D eigenvalue weighted by molar-refractivity contribution is -0.122. The van der Waals surface area contributed by atoms with Gasteiger partial charge in [0.25, 0.3) is 5.91 Å². The minimum atomic E-state index is -0.442. The fourth-order valence-electron chi connectivity index (χ4n) is 1.56. The van der Waals surface area contributed by atoms with E-state index in [4.69, 9.17) is 11.6 Å². The average Bonchev–Trinajstić information content (AvgIpc) is 2.25. The molecule has 5 nitrogen and oxygen atoms in total. The fraction of sp³-hybridized carbons (Fsp3) is 0.429. The minimum Gasteiger partial charge on any atom is -0.507 e. The first-order valence-corrected chi connectivity index (χ1v) is 6.64. The van der Waals surface area contributed by atoms with Gasteiger partial charge in [-0.05, 0) is 39.0 Å². The summed E-state index contributed by atoms with van der Waals surface area (Å²) in [5, 5.41) is 15.3. The van der Waals surface area contributed by atoms with Gasteiger partial charge < -0.3 is 15.7 Å². The maximum absolute atomic E-state index is 11.8. The van der Waals surface area contributed by atoms with Crippen molar-refractivity contribution in [2.45, 2.75) is 32.7 Å². The van der Waals surface area contributed by atoms with Crippen LogP contribution in [0, 0.1) is 0 Å². The van der Waals surface area contributed by atoms with Crippen LogP contribution in [0.15, 0.2) is 18.2 Å². The molecule has 0 unspecified atom stereocenters. The zero-order chi connectivity index (χ0) is 15.3. The molecular formula is C14H19ClN2O3. The highest BCUT2D eigenvalue weighted by Crippen LogP contribution is 2.21. The Morgan fingerprint density at radius 2 is 1.95 bits per heavy atom. The largest absolute Gasteiger partial charge is 0.507 e. The van der Waals surface area contributed by atoms with Gasteiger partial charge in [0, 0.05) is 23.5 Å². The van der Waals surface area contributed by atoms with Crippen molar-refractivity contribution in [2.75, 3.05) is 6.54 Å². The Kier molecular flexibility index (Phi) is 5.39. The smallest absolute Gasteiger partial charge is 0.255 e. The van der Waals surface area contributed by atoms with E-state index in [0.717, 1.165) is 0 Å². The maximum Gasteiger partial charge on any atom is 0.255 e. The third kappa shape index (κ3) is 5.48. The molecule has 2 amide bonds. The van der Waals surface area contributed by atoms with Crippen LogP contribution in [0.1, 0.15) is 37.6 Å². The molecule has 0 fully saturated rings. The van der Waals surface area contributed by atoms with Crippen LogP contribution in [0.25, 0.3) is 0 Å². The van der Waals surface area contributed by atoms with Gasteiger partial charge in [0.1, 0.15) is 5.75 Å². The molecule has 0 spiro atoms. The van der Waals surface area contributed by atoms with Gasteiger partial charge in [0.2, 0.25) is 5.91 Å².